The molecule has 0 saturated carbocycles. The lowest BCUT2D eigenvalue weighted by molar-refractivity contribution is 0.0955. The fourth-order valence-electron chi connectivity index (χ4n) is 2.12. The van der Waals surface area contributed by atoms with Crippen molar-refractivity contribution in [2.45, 2.75) is 6.92 Å². The third kappa shape index (κ3) is 5.61. The van der Waals surface area contributed by atoms with Gasteiger partial charge in [0.05, 0.1) is 6.61 Å². The van der Waals surface area contributed by atoms with Crippen LogP contribution in [-0.2, 0) is 4.74 Å². The van der Waals surface area contributed by atoms with Crippen LogP contribution in [-0.4, -0.2) is 38.7 Å². The molecule has 0 aromatic heterocycles. The van der Waals surface area contributed by atoms with Gasteiger partial charge in [0.25, 0.3) is 11.8 Å². The summed E-state index contributed by atoms with van der Waals surface area (Å²) in [6.45, 7) is 3.40. The molecule has 0 fully saturated rings. The monoisotopic (exact) mass is 342 g/mol. The Morgan fingerprint density at radius 3 is 2.08 bits per heavy atom. The number of ether oxygens (including phenoxy) is 2. The van der Waals surface area contributed by atoms with Crippen LogP contribution in [0.1, 0.15) is 27.6 Å². The molecule has 132 valence electrons. The van der Waals surface area contributed by atoms with Gasteiger partial charge in [-0.05, 0) is 55.5 Å². The summed E-state index contributed by atoms with van der Waals surface area (Å²) in [6.07, 6.45) is 0. The van der Waals surface area contributed by atoms with Gasteiger partial charge in [-0.25, -0.2) is 0 Å². The molecule has 2 aromatic carbocycles. The molecule has 0 spiro atoms. The van der Waals surface area contributed by atoms with E-state index in [1.54, 1.807) is 55.6 Å². The van der Waals surface area contributed by atoms with Gasteiger partial charge in [-0.3, -0.25) is 9.59 Å². The number of hydrogen-bond acceptors (Lipinski definition) is 4. The molecule has 0 aliphatic rings. The molecular formula is C19H22N2O4. The van der Waals surface area contributed by atoms with Crippen LogP contribution in [0, 0.1) is 0 Å². The molecule has 2 rings (SSSR count). The first-order valence-corrected chi connectivity index (χ1v) is 8.05. The van der Waals surface area contributed by atoms with E-state index in [1.165, 1.54) is 0 Å². The molecule has 0 bridgehead atoms. The molecule has 0 aliphatic heterocycles. The van der Waals surface area contributed by atoms with Gasteiger partial charge >= 0.3 is 0 Å². The zero-order chi connectivity index (χ0) is 18.1. The second-order valence-electron chi connectivity index (χ2n) is 5.26. The number of hydrogen-bond donors (Lipinski definition) is 2. The van der Waals surface area contributed by atoms with Gasteiger partial charge in [0.15, 0.2) is 0 Å². The summed E-state index contributed by atoms with van der Waals surface area (Å²) in [6, 6.07) is 13.6. The number of nitrogens with one attached hydrogen (secondary N) is 2. The zero-order valence-electron chi connectivity index (χ0n) is 14.4. The minimum absolute atomic E-state index is 0.135. The number of carbonyl (C=O) groups excluding carboxylic acids is 2. The van der Waals surface area contributed by atoms with Gasteiger partial charge in [-0.2, -0.15) is 0 Å². The maximum atomic E-state index is 12.3. The van der Waals surface area contributed by atoms with Crippen molar-refractivity contribution in [2.75, 3.05) is 32.2 Å². The first kappa shape index (κ1) is 18.5. The molecule has 0 heterocycles. The molecule has 0 saturated heterocycles. The van der Waals surface area contributed by atoms with Crippen LogP contribution in [0.5, 0.6) is 5.75 Å². The van der Waals surface area contributed by atoms with E-state index < -0.39 is 0 Å². The normalized spacial score (nSPS) is 10.2. The quantitative estimate of drug-likeness (QED) is 0.723. The van der Waals surface area contributed by atoms with Crippen molar-refractivity contribution in [3.63, 3.8) is 0 Å². The van der Waals surface area contributed by atoms with Crippen molar-refractivity contribution < 1.29 is 19.1 Å². The topological polar surface area (TPSA) is 76.7 Å². The van der Waals surface area contributed by atoms with E-state index in [1.807, 2.05) is 6.92 Å². The fourth-order valence-corrected chi connectivity index (χ4v) is 2.12. The molecule has 0 atom stereocenters. The Hall–Kier alpha value is -2.86. The van der Waals surface area contributed by atoms with Gasteiger partial charge in [0, 0.05) is 30.5 Å². The van der Waals surface area contributed by atoms with Gasteiger partial charge in [0.1, 0.15) is 12.4 Å². The van der Waals surface area contributed by atoms with Gasteiger partial charge < -0.3 is 20.1 Å². The Morgan fingerprint density at radius 2 is 1.48 bits per heavy atom. The highest BCUT2D eigenvalue weighted by molar-refractivity contribution is 6.04. The van der Waals surface area contributed by atoms with Crippen molar-refractivity contribution >= 4 is 17.5 Å². The molecule has 2 N–H and O–H groups in total. The largest absolute Gasteiger partial charge is 0.491 e. The summed E-state index contributed by atoms with van der Waals surface area (Å²) in [5.74, 6) is 0.318. The second kappa shape index (κ2) is 9.44. The van der Waals surface area contributed by atoms with E-state index in [0.29, 0.717) is 42.3 Å². The number of carbonyl (C=O) groups is 2. The first-order chi connectivity index (χ1) is 12.1. The van der Waals surface area contributed by atoms with Crippen LogP contribution in [0.15, 0.2) is 48.5 Å². The fraction of sp³-hybridized carbons (Fsp3) is 0.263. The standard InChI is InChI=1S/C19H22N2O4/c1-3-20-18(22)14-4-8-16(9-5-14)21-19(23)15-6-10-17(11-7-15)25-13-12-24-2/h4-11H,3,12-13H2,1-2H3,(H,20,22)(H,21,23). The minimum atomic E-state index is -0.228. The number of amides is 2. The Morgan fingerprint density at radius 1 is 0.880 bits per heavy atom. The van der Waals surface area contributed by atoms with Crippen LogP contribution in [0.3, 0.4) is 0 Å². The summed E-state index contributed by atoms with van der Waals surface area (Å²) in [5, 5.41) is 5.52. The van der Waals surface area contributed by atoms with Crippen molar-refractivity contribution in [2.24, 2.45) is 0 Å². The molecule has 0 aliphatic carbocycles. The highest BCUT2D eigenvalue weighted by atomic mass is 16.5. The van der Waals surface area contributed by atoms with E-state index in [2.05, 4.69) is 10.6 Å². The molecule has 2 amide bonds. The number of rotatable bonds is 8. The highest BCUT2D eigenvalue weighted by Gasteiger charge is 2.08. The Bertz CT molecular complexity index is 696. The second-order valence-corrected chi connectivity index (χ2v) is 5.26. The maximum Gasteiger partial charge on any atom is 0.255 e. The Labute approximate surface area is 147 Å². The average molecular weight is 342 g/mol. The third-order valence-corrected chi connectivity index (χ3v) is 3.41. The molecule has 2 aromatic rings. The van der Waals surface area contributed by atoms with Crippen molar-refractivity contribution in [1.29, 1.82) is 0 Å². The molecule has 6 nitrogen and oxygen atoms in total. The van der Waals surface area contributed by atoms with Crippen LogP contribution in [0.4, 0.5) is 5.69 Å². The first-order valence-electron chi connectivity index (χ1n) is 8.05. The van der Waals surface area contributed by atoms with Gasteiger partial charge in [-0.15, -0.1) is 0 Å². The lowest BCUT2D eigenvalue weighted by Crippen LogP contribution is -2.22. The van der Waals surface area contributed by atoms with Crippen molar-refractivity contribution in [3.8, 4) is 5.75 Å². The molecule has 0 radical (unpaired) electrons. The van der Waals surface area contributed by atoms with E-state index in [4.69, 9.17) is 9.47 Å². The minimum Gasteiger partial charge on any atom is -0.491 e. The van der Waals surface area contributed by atoms with Gasteiger partial charge in [-0.1, -0.05) is 0 Å². The van der Waals surface area contributed by atoms with Gasteiger partial charge in [0.2, 0.25) is 0 Å². The van der Waals surface area contributed by atoms with E-state index >= 15 is 0 Å². The average Bonchev–Trinajstić information content (AvgIpc) is 2.63. The van der Waals surface area contributed by atoms with Crippen LogP contribution in [0.25, 0.3) is 0 Å². The lowest BCUT2D eigenvalue weighted by Gasteiger charge is -2.08. The summed E-state index contributed by atoms with van der Waals surface area (Å²) in [7, 11) is 1.61. The number of benzene rings is 2. The predicted molar refractivity (Wildman–Crippen MR) is 96.2 cm³/mol. The molecule has 0 unspecified atom stereocenters. The smallest absolute Gasteiger partial charge is 0.255 e. The summed E-state index contributed by atoms with van der Waals surface area (Å²) in [5.41, 5.74) is 1.70. The third-order valence-electron chi connectivity index (χ3n) is 3.41. The Balaban J connectivity index is 1.93. The van der Waals surface area contributed by atoms with E-state index in [-0.39, 0.29) is 11.8 Å². The molecule has 6 heteroatoms. The summed E-state index contributed by atoms with van der Waals surface area (Å²) in [4.78, 5) is 24.0. The van der Waals surface area contributed by atoms with Crippen LogP contribution >= 0.6 is 0 Å². The van der Waals surface area contributed by atoms with Crippen LogP contribution in [0.2, 0.25) is 0 Å². The van der Waals surface area contributed by atoms with Crippen molar-refractivity contribution in [3.05, 3.63) is 59.7 Å². The summed E-state index contributed by atoms with van der Waals surface area (Å²) >= 11 is 0. The highest BCUT2D eigenvalue weighted by Crippen LogP contribution is 2.15. The predicted octanol–water partition coefficient (Wildman–Crippen LogP) is 2.71. The maximum absolute atomic E-state index is 12.3. The molecular weight excluding hydrogens is 320 g/mol. The summed E-state index contributed by atoms with van der Waals surface area (Å²) < 4.78 is 10.4. The lowest BCUT2D eigenvalue weighted by atomic mass is 10.1. The van der Waals surface area contributed by atoms with E-state index in [0.717, 1.165) is 0 Å². The van der Waals surface area contributed by atoms with E-state index in [9.17, 15) is 9.59 Å². The molecule has 25 heavy (non-hydrogen) atoms. The number of anilines is 1. The van der Waals surface area contributed by atoms with Crippen molar-refractivity contribution in [1.82, 2.24) is 5.32 Å². The Kier molecular flexibility index (Phi) is 6.98. The SMILES string of the molecule is CCNC(=O)c1ccc(NC(=O)c2ccc(OCCOC)cc2)cc1. The number of methoxy groups -OCH3 is 1. The van der Waals surface area contributed by atoms with Crippen LogP contribution < -0.4 is 15.4 Å². The zero-order valence-corrected chi connectivity index (χ0v) is 14.4.